The number of aliphatic hydroxyl groups excluding tert-OH is 1. The summed E-state index contributed by atoms with van der Waals surface area (Å²) in [4.78, 5) is 18.0. The average Bonchev–Trinajstić information content (AvgIpc) is 3.72. The summed E-state index contributed by atoms with van der Waals surface area (Å²) >= 11 is 0. The third kappa shape index (κ3) is 7.50. The Kier molecular flexibility index (Phi) is 10.8. The first-order chi connectivity index (χ1) is 26.5. The van der Waals surface area contributed by atoms with Crippen LogP contribution in [0.3, 0.4) is 0 Å². The van der Waals surface area contributed by atoms with Crippen molar-refractivity contribution >= 4 is 43.5 Å². The van der Waals surface area contributed by atoms with Crippen LogP contribution in [-0.2, 0) is 36.9 Å². The first-order valence-corrected chi connectivity index (χ1v) is 19.7. The molecule has 55 heavy (non-hydrogen) atoms. The van der Waals surface area contributed by atoms with Gasteiger partial charge in [0.05, 0.1) is 24.4 Å². The van der Waals surface area contributed by atoms with E-state index in [9.17, 15) is 23.4 Å². The number of hydrogen-bond acceptors (Lipinski definition) is 8. The predicted molar refractivity (Wildman–Crippen MR) is 213 cm³/mol. The Morgan fingerprint density at radius 3 is 2.35 bits per heavy atom. The number of nitrogens with zero attached hydrogens (tertiary/aromatic N) is 5. The Bertz CT molecular complexity index is 2440. The van der Waals surface area contributed by atoms with Crippen LogP contribution in [0, 0.1) is 6.92 Å². The van der Waals surface area contributed by atoms with Crippen LogP contribution < -0.4 is 14.4 Å². The lowest BCUT2D eigenvalue weighted by Gasteiger charge is -2.36. The molecule has 6 aromatic rings. The maximum atomic E-state index is 12.6. The van der Waals surface area contributed by atoms with Gasteiger partial charge in [-0.1, -0.05) is 48.5 Å². The topological polar surface area (TPSA) is 153 Å². The van der Waals surface area contributed by atoms with E-state index >= 15 is 0 Å². The molecular weight excluding hydrogens is 721 g/mol. The Morgan fingerprint density at radius 1 is 0.909 bits per heavy atom. The highest BCUT2D eigenvalue weighted by molar-refractivity contribution is 7.86. The molecule has 288 valence electrons. The Balaban J connectivity index is 1.10. The number of nitrogens with one attached hydrogen (secondary N) is 1. The molecule has 0 saturated carbocycles. The van der Waals surface area contributed by atoms with Crippen molar-refractivity contribution in [3.05, 3.63) is 107 Å². The smallest absolute Gasteiger partial charge is 0.352 e. The molecule has 1 aliphatic rings. The van der Waals surface area contributed by atoms with Crippen molar-refractivity contribution in [1.82, 2.24) is 23.4 Å². The lowest BCUT2D eigenvalue weighted by molar-refractivity contribution is 0.0690. The largest absolute Gasteiger partial charge is 0.493 e. The van der Waals surface area contributed by atoms with Crippen molar-refractivity contribution in [3.63, 3.8) is 0 Å². The number of benzene rings is 4. The molecule has 0 amide bonds. The highest BCUT2D eigenvalue weighted by atomic mass is 32.2. The van der Waals surface area contributed by atoms with Gasteiger partial charge in [-0.25, -0.2) is 4.79 Å². The van der Waals surface area contributed by atoms with E-state index in [4.69, 9.17) is 14.6 Å². The summed E-state index contributed by atoms with van der Waals surface area (Å²) in [6, 6.07) is 25.6. The number of hydrogen-bond donors (Lipinski definition) is 3. The van der Waals surface area contributed by atoms with Crippen LogP contribution in [0.1, 0.15) is 39.4 Å². The van der Waals surface area contributed by atoms with Gasteiger partial charge < -0.3 is 29.6 Å². The second kappa shape index (κ2) is 15.7. The predicted octanol–water partition coefficient (Wildman–Crippen LogP) is 5.74. The van der Waals surface area contributed by atoms with E-state index in [1.165, 1.54) is 8.61 Å². The van der Waals surface area contributed by atoms with Crippen LogP contribution >= 0.6 is 0 Å². The molecule has 4 aromatic carbocycles. The lowest BCUT2D eigenvalue weighted by Crippen LogP contribution is -2.51. The molecule has 0 radical (unpaired) electrons. The minimum Gasteiger partial charge on any atom is -0.493 e. The zero-order chi connectivity index (χ0) is 38.9. The fourth-order valence-electron chi connectivity index (χ4n) is 7.44. The Morgan fingerprint density at radius 2 is 1.64 bits per heavy atom. The van der Waals surface area contributed by atoms with Gasteiger partial charge in [-0.3, -0.25) is 4.68 Å². The number of aromatic carboxylic acids is 1. The number of anilines is 1. The quantitative estimate of drug-likeness (QED) is 0.118. The number of aryl methyl sites for hydroxylation is 3. The van der Waals surface area contributed by atoms with Crippen LogP contribution in [0.5, 0.6) is 11.5 Å². The van der Waals surface area contributed by atoms with Gasteiger partial charge in [0.15, 0.2) is 0 Å². The van der Waals surface area contributed by atoms with Gasteiger partial charge in [0, 0.05) is 74.9 Å². The molecule has 0 aliphatic carbocycles. The number of aliphatic hydroxyl groups is 1. The molecule has 14 heteroatoms. The number of ether oxygens (including phenoxy) is 2. The fourth-order valence-corrected chi connectivity index (χ4v) is 8.53. The number of fused-ring (bicyclic) bond motifs is 2. The average molecular weight is 767 g/mol. The molecule has 0 unspecified atom stereocenters. The molecule has 3 N–H and O–H groups in total. The summed E-state index contributed by atoms with van der Waals surface area (Å²) in [6.45, 7) is 4.14. The van der Waals surface area contributed by atoms with E-state index in [2.05, 4.69) is 9.88 Å². The summed E-state index contributed by atoms with van der Waals surface area (Å²) in [7, 11) is 1.40. The lowest BCUT2D eigenvalue weighted by atomic mass is 9.94. The van der Waals surface area contributed by atoms with Crippen molar-refractivity contribution in [2.24, 2.45) is 7.05 Å². The van der Waals surface area contributed by atoms with Crippen LogP contribution in [-0.4, -0.2) is 94.9 Å². The maximum absolute atomic E-state index is 12.6. The van der Waals surface area contributed by atoms with Crippen molar-refractivity contribution < 1.29 is 32.9 Å². The zero-order valence-electron chi connectivity index (χ0n) is 31.4. The molecular formula is C41H46N6O7S. The van der Waals surface area contributed by atoms with E-state index in [1.54, 1.807) is 25.8 Å². The minimum atomic E-state index is -3.45. The molecule has 3 heterocycles. The van der Waals surface area contributed by atoms with Crippen LogP contribution in [0.15, 0.2) is 78.9 Å². The monoisotopic (exact) mass is 766 g/mol. The molecule has 7 rings (SSSR count). The molecule has 1 fully saturated rings. The van der Waals surface area contributed by atoms with Crippen molar-refractivity contribution in [2.75, 3.05) is 51.8 Å². The number of carboxylic acids is 1. The summed E-state index contributed by atoms with van der Waals surface area (Å²) in [6.07, 6.45) is 1.08. The minimum absolute atomic E-state index is 0.101. The van der Waals surface area contributed by atoms with Crippen LogP contribution in [0.2, 0.25) is 0 Å². The van der Waals surface area contributed by atoms with Crippen molar-refractivity contribution in [3.8, 4) is 22.6 Å². The number of rotatable bonds is 14. The third-order valence-corrected chi connectivity index (χ3v) is 12.3. The van der Waals surface area contributed by atoms with Crippen molar-refractivity contribution in [1.29, 1.82) is 0 Å². The number of carbonyl (C=O) groups is 1. The second-order valence-corrected chi connectivity index (χ2v) is 16.0. The summed E-state index contributed by atoms with van der Waals surface area (Å²) < 4.78 is 41.9. The van der Waals surface area contributed by atoms with Crippen molar-refractivity contribution in [2.45, 2.75) is 33.0 Å². The van der Waals surface area contributed by atoms with Gasteiger partial charge in [-0.2, -0.15) is 22.1 Å². The molecule has 1 aliphatic heterocycles. The standard InChI is InChI=1S/C41H46N6O7S/c1-27-14-19-33-32(12-8-24-53-36-13-7-10-28-9-5-6-11-31(28)36)40(41(49)50)42-39(33)37(27)38-34(43-45(4)35(38)25-48)26-54-30-17-15-29(16-18-30)46-20-22-47(23-21-46)55(51,52)44(2)3/h5-7,9-11,13-19,42,48H,8,12,20-26H2,1-4H3,(H,49,50). The molecule has 0 spiro atoms. The summed E-state index contributed by atoms with van der Waals surface area (Å²) in [5, 5.41) is 28.5. The normalized spacial score (nSPS) is 14.0. The maximum Gasteiger partial charge on any atom is 0.352 e. The highest BCUT2D eigenvalue weighted by Gasteiger charge is 2.29. The summed E-state index contributed by atoms with van der Waals surface area (Å²) in [5.74, 6) is 0.363. The zero-order valence-corrected chi connectivity index (χ0v) is 32.3. The van der Waals surface area contributed by atoms with Gasteiger partial charge in [-0.05, 0) is 66.6 Å². The molecule has 1 saturated heterocycles. The number of H-pyrrole nitrogens is 1. The molecule has 0 bridgehead atoms. The number of piperazine rings is 1. The first kappa shape index (κ1) is 37.9. The van der Waals surface area contributed by atoms with E-state index in [0.717, 1.165) is 38.7 Å². The van der Waals surface area contributed by atoms with Gasteiger partial charge in [0.1, 0.15) is 29.5 Å². The van der Waals surface area contributed by atoms with Crippen LogP contribution in [0.4, 0.5) is 5.69 Å². The molecule has 2 aromatic heterocycles. The second-order valence-electron chi connectivity index (χ2n) is 13.9. The molecule has 0 atom stereocenters. The van der Waals surface area contributed by atoms with E-state index in [1.807, 2.05) is 85.8 Å². The summed E-state index contributed by atoms with van der Waals surface area (Å²) in [5.41, 5.74) is 5.97. The Labute approximate surface area is 320 Å². The first-order valence-electron chi connectivity index (χ1n) is 18.3. The number of aromatic nitrogens is 3. The number of aromatic amines is 1. The SMILES string of the molecule is Cc1ccc2c(CCCOc3cccc4ccccc34)c(C(=O)O)[nH]c2c1-c1c(COc2ccc(N3CCN(S(=O)(=O)N(C)C)CC3)cc2)nn(C)c1CO. The highest BCUT2D eigenvalue weighted by Crippen LogP contribution is 2.39. The third-order valence-electron chi connectivity index (χ3n) is 10.3. The van der Waals surface area contributed by atoms with Gasteiger partial charge in [-0.15, -0.1) is 0 Å². The van der Waals surface area contributed by atoms with Gasteiger partial charge in [0.2, 0.25) is 0 Å². The fraction of sp³-hybridized carbons (Fsp3) is 0.317. The van der Waals surface area contributed by atoms with E-state index in [0.29, 0.717) is 79.4 Å². The van der Waals surface area contributed by atoms with Crippen LogP contribution in [0.25, 0.3) is 32.8 Å². The Hall–Kier alpha value is -5.41. The van der Waals surface area contributed by atoms with Gasteiger partial charge in [0.25, 0.3) is 10.2 Å². The van der Waals surface area contributed by atoms with E-state index < -0.39 is 16.2 Å². The number of carboxylic acid groups (broad SMARTS) is 1. The van der Waals surface area contributed by atoms with Gasteiger partial charge >= 0.3 is 5.97 Å². The molecule has 13 nitrogen and oxygen atoms in total. The van der Waals surface area contributed by atoms with E-state index in [-0.39, 0.29) is 18.9 Å².